The van der Waals surface area contributed by atoms with E-state index in [4.69, 9.17) is 0 Å². The lowest BCUT2D eigenvalue weighted by atomic mass is 10.1. The van der Waals surface area contributed by atoms with Gasteiger partial charge in [-0.15, -0.1) is 0 Å². The van der Waals surface area contributed by atoms with Crippen molar-refractivity contribution in [3.05, 3.63) is 102 Å². The number of carbonyl (C=O) groups is 1. The highest BCUT2D eigenvalue weighted by Crippen LogP contribution is 2.22. The van der Waals surface area contributed by atoms with E-state index in [0.717, 1.165) is 11.1 Å². The SMILES string of the molecule is Cc1ccc(S(=O)(=O)Nc2ccccc2C(=O)Nc2cnc(-c3ccccc3)cn2)cc1. The lowest BCUT2D eigenvalue weighted by Gasteiger charge is -2.13. The Morgan fingerprint density at radius 2 is 1.50 bits per heavy atom. The van der Waals surface area contributed by atoms with E-state index >= 15 is 0 Å². The van der Waals surface area contributed by atoms with Crippen LogP contribution in [0.15, 0.2) is 96.2 Å². The maximum atomic E-state index is 12.8. The summed E-state index contributed by atoms with van der Waals surface area (Å²) in [5, 5.41) is 2.66. The monoisotopic (exact) mass is 444 g/mol. The molecule has 1 amide bonds. The Balaban J connectivity index is 1.53. The highest BCUT2D eigenvalue weighted by atomic mass is 32.2. The van der Waals surface area contributed by atoms with E-state index in [1.807, 2.05) is 37.3 Å². The summed E-state index contributed by atoms with van der Waals surface area (Å²) < 4.78 is 28.0. The van der Waals surface area contributed by atoms with Crippen molar-refractivity contribution in [2.24, 2.45) is 0 Å². The fourth-order valence-electron chi connectivity index (χ4n) is 3.03. The number of para-hydroxylation sites is 1. The first-order valence-electron chi connectivity index (χ1n) is 9.80. The predicted octanol–water partition coefficient (Wildman–Crippen LogP) is 4.51. The van der Waals surface area contributed by atoms with Crippen LogP contribution in [0.2, 0.25) is 0 Å². The van der Waals surface area contributed by atoms with Gasteiger partial charge in [-0.1, -0.05) is 60.2 Å². The summed E-state index contributed by atoms with van der Waals surface area (Å²) in [6.45, 7) is 1.87. The second-order valence-corrected chi connectivity index (χ2v) is 8.75. The summed E-state index contributed by atoms with van der Waals surface area (Å²) in [5.74, 6) is -0.250. The predicted molar refractivity (Wildman–Crippen MR) is 124 cm³/mol. The van der Waals surface area contributed by atoms with Gasteiger partial charge >= 0.3 is 0 Å². The minimum atomic E-state index is -3.85. The number of aryl methyl sites for hydroxylation is 1. The van der Waals surface area contributed by atoms with E-state index in [-0.39, 0.29) is 22.0 Å². The number of benzene rings is 3. The first-order chi connectivity index (χ1) is 15.4. The molecule has 0 unspecified atom stereocenters. The molecule has 2 N–H and O–H groups in total. The summed E-state index contributed by atoms with van der Waals surface area (Å²) >= 11 is 0. The topological polar surface area (TPSA) is 101 Å². The molecule has 8 heteroatoms. The molecule has 0 aliphatic carbocycles. The fourth-order valence-corrected chi connectivity index (χ4v) is 4.11. The van der Waals surface area contributed by atoms with Gasteiger partial charge < -0.3 is 5.32 Å². The molecule has 32 heavy (non-hydrogen) atoms. The molecule has 1 aromatic heterocycles. The molecule has 0 spiro atoms. The van der Waals surface area contributed by atoms with Crippen LogP contribution in [0.4, 0.5) is 11.5 Å². The van der Waals surface area contributed by atoms with E-state index < -0.39 is 15.9 Å². The molecule has 0 aliphatic rings. The van der Waals surface area contributed by atoms with Gasteiger partial charge in [0, 0.05) is 5.56 Å². The van der Waals surface area contributed by atoms with Crippen LogP contribution in [0.1, 0.15) is 15.9 Å². The van der Waals surface area contributed by atoms with Crippen LogP contribution < -0.4 is 10.0 Å². The van der Waals surface area contributed by atoms with E-state index in [1.54, 1.807) is 30.5 Å². The molecular formula is C24H20N4O3S. The van der Waals surface area contributed by atoms with Crippen molar-refractivity contribution in [3.8, 4) is 11.3 Å². The smallest absolute Gasteiger partial charge is 0.261 e. The molecule has 0 radical (unpaired) electrons. The van der Waals surface area contributed by atoms with Gasteiger partial charge in [0.15, 0.2) is 5.82 Å². The minimum Gasteiger partial charge on any atom is -0.305 e. The van der Waals surface area contributed by atoms with E-state index in [2.05, 4.69) is 20.0 Å². The Morgan fingerprint density at radius 3 is 2.19 bits per heavy atom. The van der Waals surface area contributed by atoms with E-state index in [0.29, 0.717) is 5.69 Å². The molecule has 0 fully saturated rings. The molecule has 160 valence electrons. The Hall–Kier alpha value is -4.04. The second-order valence-electron chi connectivity index (χ2n) is 7.07. The first-order valence-corrected chi connectivity index (χ1v) is 11.3. The number of aromatic nitrogens is 2. The van der Waals surface area contributed by atoms with Crippen LogP contribution in [0.5, 0.6) is 0 Å². The molecular weight excluding hydrogens is 424 g/mol. The molecule has 0 aliphatic heterocycles. The highest BCUT2D eigenvalue weighted by molar-refractivity contribution is 7.92. The number of hydrogen-bond donors (Lipinski definition) is 2. The maximum absolute atomic E-state index is 12.8. The first kappa shape index (κ1) is 21.2. The summed E-state index contributed by atoms with van der Waals surface area (Å²) in [6.07, 6.45) is 3.02. The van der Waals surface area contributed by atoms with Gasteiger partial charge in [-0.05, 0) is 31.2 Å². The Kier molecular flexibility index (Phi) is 5.96. The normalized spacial score (nSPS) is 11.0. The highest BCUT2D eigenvalue weighted by Gasteiger charge is 2.19. The van der Waals surface area contributed by atoms with Gasteiger partial charge in [0.1, 0.15) is 0 Å². The molecule has 0 bridgehead atoms. The standard InChI is InChI=1S/C24H20N4O3S/c1-17-11-13-19(14-12-17)32(30,31)28-21-10-6-5-9-20(21)24(29)27-23-16-25-22(15-26-23)18-7-3-2-4-8-18/h2-16,28H,1H3,(H,26,27,29). The van der Waals surface area contributed by atoms with Crippen LogP contribution in [-0.4, -0.2) is 24.3 Å². The molecule has 7 nitrogen and oxygen atoms in total. The van der Waals surface area contributed by atoms with Crippen LogP contribution >= 0.6 is 0 Å². The minimum absolute atomic E-state index is 0.112. The van der Waals surface area contributed by atoms with E-state index in [1.165, 1.54) is 30.5 Å². The van der Waals surface area contributed by atoms with Crippen molar-refractivity contribution < 1.29 is 13.2 Å². The third-order valence-electron chi connectivity index (χ3n) is 4.71. The maximum Gasteiger partial charge on any atom is 0.261 e. The molecule has 0 atom stereocenters. The third-order valence-corrected chi connectivity index (χ3v) is 6.09. The van der Waals surface area contributed by atoms with Gasteiger partial charge in [-0.2, -0.15) is 0 Å². The average molecular weight is 445 g/mol. The van der Waals surface area contributed by atoms with Gasteiger partial charge in [-0.25, -0.2) is 13.4 Å². The van der Waals surface area contributed by atoms with Gasteiger partial charge in [0.25, 0.3) is 15.9 Å². The van der Waals surface area contributed by atoms with Crippen molar-refractivity contribution in [1.29, 1.82) is 0 Å². The zero-order valence-electron chi connectivity index (χ0n) is 17.2. The number of amides is 1. The van der Waals surface area contributed by atoms with Crippen molar-refractivity contribution in [2.45, 2.75) is 11.8 Å². The number of rotatable bonds is 6. The van der Waals surface area contributed by atoms with Gasteiger partial charge in [0.05, 0.1) is 34.2 Å². The fraction of sp³-hybridized carbons (Fsp3) is 0.0417. The van der Waals surface area contributed by atoms with Crippen molar-refractivity contribution in [1.82, 2.24) is 9.97 Å². The number of nitrogens with one attached hydrogen (secondary N) is 2. The van der Waals surface area contributed by atoms with Crippen molar-refractivity contribution in [2.75, 3.05) is 10.0 Å². The third kappa shape index (κ3) is 4.81. The zero-order chi connectivity index (χ0) is 22.6. The molecule has 4 aromatic rings. The number of carbonyl (C=O) groups excluding carboxylic acids is 1. The largest absolute Gasteiger partial charge is 0.305 e. The van der Waals surface area contributed by atoms with Gasteiger partial charge in [0.2, 0.25) is 0 Å². The second kappa shape index (κ2) is 8.99. The summed E-state index contributed by atoms with van der Waals surface area (Å²) in [4.78, 5) is 21.5. The molecule has 4 rings (SSSR count). The number of hydrogen-bond acceptors (Lipinski definition) is 5. The molecule has 1 heterocycles. The average Bonchev–Trinajstić information content (AvgIpc) is 2.80. The van der Waals surface area contributed by atoms with Gasteiger partial charge in [-0.3, -0.25) is 14.5 Å². The Bertz CT molecular complexity index is 1340. The van der Waals surface area contributed by atoms with Crippen molar-refractivity contribution in [3.63, 3.8) is 0 Å². The molecule has 0 saturated carbocycles. The lowest BCUT2D eigenvalue weighted by molar-refractivity contribution is 0.102. The molecule has 0 saturated heterocycles. The number of anilines is 2. The van der Waals surface area contributed by atoms with E-state index in [9.17, 15) is 13.2 Å². The number of nitrogens with zero attached hydrogens (tertiary/aromatic N) is 2. The quantitative estimate of drug-likeness (QED) is 0.456. The number of sulfonamides is 1. The summed E-state index contributed by atoms with van der Waals surface area (Å²) in [6, 6.07) is 22.4. The van der Waals surface area contributed by atoms with Crippen molar-refractivity contribution >= 4 is 27.4 Å². The van der Waals surface area contributed by atoms with Crippen LogP contribution in [0.3, 0.4) is 0 Å². The van der Waals surface area contributed by atoms with Crippen LogP contribution in [0, 0.1) is 6.92 Å². The summed E-state index contributed by atoms with van der Waals surface area (Å²) in [5.41, 5.74) is 2.86. The Labute approximate surface area is 186 Å². The lowest BCUT2D eigenvalue weighted by Crippen LogP contribution is -2.19. The Morgan fingerprint density at radius 1 is 0.812 bits per heavy atom. The van der Waals surface area contributed by atoms with Crippen LogP contribution in [0.25, 0.3) is 11.3 Å². The molecule has 3 aromatic carbocycles. The van der Waals surface area contributed by atoms with Crippen LogP contribution in [-0.2, 0) is 10.0 Å². The summed E-state index contributed by atoms with van der Waals surface area (Å²) in [7, 11) is -3.85. The zero-order valence-corrected chi connectivity index (χ0v) is 18.0.